The van der Waals surface area contributed by atoms with Crippen LogP contribution in [0.2, 0.25) is 0 Å². The van der Waals surface area contributed by atoms with E-state index in [1.54, 1.807) is 0 Å². The molecule has 1 aromatic carbocycles. The molecule has 2 rings (SSSR count). The third-order valence-corrected chi connectivity index (χ3v) is 2.88. The number of carboxylic acids is 1. The number of carboxylic acid groups (broad SMARTS) is 1. The van der Waals surface area contributed by atoms with Crippen LogP contribution in [0, 0.1) is 12.3 Å². The van der Waals surface area contributed by atoms with Gasteiger partial charge in [0.2, 0.25) is 0 Å². The first kappa shape index (κ1) is 10.7. The van der Waals surface area contributed by atoms with E-state index < -0.39 is 11.9 Å². The van der Waals surface area contributed by atoms with Crippen LogP contribution in [0.4, 0.5) is 0 Å². The Bertz CT molecular complexity index is 447. The van der Waals surface area contributed by atoms with Gasteiger partial charge in [-0.15, -0.1) is 6.42 Å². The van der Waals surface area contributed by atoms with Gasteiger partial charge in [-0.2, -0.15) is 0 Å². The Morgan fingerprint density at radius 1 is 1.56 bits per heavy atom. The van der Waals surface area contributed by atoms with Crippen molar-refractivity contribution in [3.63, 3.8) is 0 Å². The highest BCUT2D eigenvalue weighted by molar-refractivity contribution is 5.77. The maximum absolute atomic E-state index is 11.2. The SMILES string of the molecule is C#CCN1Cc2ccccc2C(C(=O)O)C1. The molecule has 1 N–H and O–H groups in total. The van der Waals surface area contributed by atoms with Crippen LogP contribution in [0.3, 0.4) is 0 Å². The Balaban J connectivity index is 2.34. The van der Waals surface area contributed by atoms with Gasteiger partial charge in [0.25, 0.3) is 0 Å². The van der Waals surface area contributed by atoms with Crippen molar-refractivity contribution < 1.29 is 9.90 Å². The molecule has 1 unspecified atom stereocenters. The largest absolute Gasteiger partial charge is 0.481 e. The van der Waals surface area contributed by atoms with Crippen molar-refractivity contribution in [1.82, 2.24) is 4.90 Å². The van der Waals surface area contributed by atoms with E-state index in [1.807, 2.05) is 29.2 Å². The molecule has 1 aliphatic heterocycles. The number of hydrogen-bond acceptors (Lipinski definition) is 2. The molecule has 1 atom stereocenters. The lowest BCUT2D eigenvalue weighted by molar-refractivity contribution is -0.139. The van der Waals surface area contributed by atoms with Gasteiger partial charge >= 0.3 is 5.97 Å². The Kier molecular flexibility index (Phi) is 2.93. The molecule has 0 aliphatic carbocycles. The highest BCUT2D eigenvalue weighted by Crippen LogP contribution is 2.27. The van der Waals surface area contributed by atoms with E-state index in [-0.39, 0.29) is 0 Å². The van der Waals surface area contributed by atoms with E-state index in [0.29, 0.717) is 13.1 Å². The summed E-state index contributed by atoms with van der Waals surface area (Å²) >= 11 is 0. The van der Waals surface area contributed by atoms with Crippen molar-refractivity contribution in [1.29, 1.82) is 0 Å². The summed E-state index contributed by atoms with van der Waals surface area (Å²) in [6, 6.07) is 7.66. The van der Waals surface area contributed by atoms with Crippen molar-refractivity contribution in [2.45, 2.75) is 12.5 Å². The molecule has 16 heavy (non-hydrogen) atoms. The maximum atomic E-state index is 11.2. The fourth-order valence-electron chi connectivity index (χ4n) is 2.14. The third-order valence-electron chi connectivity index (χ3n) is 2.88. The van der Waals surface area contributed by atoms with E-state index in [1.165, 1.54) is 0 Å². The van der Waals surface area contributed by atoms with E-state index in [4.69, 9.17) is 6.42 Å². The monoisotopic (exact) mass is 215 g/mol. The molecule has 1 aromatic rings. The van der Waals surface area contributed by atoms with Gasteiger partial charge in [-0.3, -0.25) is 9.69 Å². The van der Waals surface area contributed by atoms with E-state index in [2.05, 4.69) is 5.92 Å². The van der Waals surface area contributed by atoms with Crippen LogP contribution in [-0.2, 0) is 11.3 Å². The molecule has 0 bridgehead atoms. The molecule has 0 amide bonds. The summed E-state index contributed by atoms with van der Waals surface area (Å²) in [6.45, 7) is 1.73. The van der Waals surface area contributed by atoms with Crippen LogP contribution < -0.4 is 0 Å². The van der Waals surface area contributed by atoms with Gasteiger partial charge in [0.15, 0.2) is 0 Å². The molecule has 1 heterocycles. The topological polar surface area (TPSA) is 40.5 Å². The minimum absolute atomic E-state index is 0.460. The second-order valence-electron chi connectivity index (χ2n) is 3.96. The lowest BCUT2D eigenvalue weighted by Crippen LogP contribution is -2.36. The predicted molar refractivity (Wildman–Crippen MR) is 60.9 cm³/mol. The number of nitrogens with zero attached hydrogens (tertiary/aromatic N) is 1. The average Bonchev–Trinajstić information content (AvgIpc) is 2.28. The number of rotatable bonds is 2. The first-order valence-electron chi connectivity index (χ1n) is 5.19. The van der Waals surface area contributed by atoms with Crippen molar-refractivity contribution in [3.8, 4) is 12.3 Å². The molecular formula is C13H13NO2. The smallest absolute Gasteiger partial charge is 0.312 e. The minimum atomic E-state index is -0.783. The number of carbonyl (C=O) groups is 1. The summed E-state index contributed by atoms with van der Waals surface area (Å²) in [7, 11) is 0. The van der Waals surface area contributed by atoms with Gasteiger partial charge in [0, 0.05) is 13.1 Å². The number of fused-ring (bicyclic) bond motifs is 1. The fourth-order valence-corrected chi connectivity index (χ4v) is 2.14. The molecule has 0 radical (unpaired) electrons. The molecule has 3 heteroatoms. The first-order chi connectivity index (χ1) is 7.72. The van der Waals surface area contributed by atoms with Gasteiger partial charge < -0.3 is 5.11 Å². The number of aliphatic carboxylic acids is 1. The molecule has 0 spiro atoms. The molecule has 82 valence electrons. The Labute approximate surface area is 94.7 Å². The van der Waals surface area contributed by atoms with Crippen LogP contribution in [0.25, 0.3) is 0 Å². The zero-order valence-corrected chi connectivity index (χ0v) is 8.89. The highest BCUT2D eigenvalue weighted by atomic mass is 16.4. The van der Waals surface area contributed by atoms with Crippen molar-refractivity contribution in [3.05, 3.63) is 35.4 Å². The zero-order chi connectivity index (χ0) is 11.5. The standard InChI is InChI=1S/C13H13NO2/c1-2-7-14-8-10-5-3-4-6-11(10)12(9-14)13(15)16/h1,3-6,12H,7-9H2,(H,15,16). The van der Waals surface area contributed by atoms with Crippen LogP contribution in [0.5, 0.6) is 0 Å². The van der Waals surface area contributed by atoms with E-state index in [9.17, 15) is 9.90 Å². The summed E-state index contributed by atoms with van der Waals surface area (Å²) < 4.78 is 0. The Morgan fingerprint density at radius 2 is 2.31 bits per heavy atom. The Morgan fingerprint density at radius 3 is 3.00 bits per heavy atom. The van der Waals surface area contributed by atoms with Crippen LogP contribution in [0.15, 0.2) is 24.3 Å². The number of benzene rings is 1. The first-order valence-corrected chi connectivity index (χ1v) is 5.19. The molecule has 0 aromatic heterocycles. The van der Waals surface area contributed by atoms with Gasteiger partial charge in [0.05, 0.1) is 12.5 Å². The van der Waals surface area contributed by atoms with E-state index in [0.717, 1.165) is 17.7 Å². The summed E-state index contributed by atoms with van der Waals surface area (Å²) in [5.74, 6) is 1.32. The van der Waals surface area contributed by atoms with Gasteiger partial charge in [-0.1, -0.05) is 30.2 Å². The maximum Gasteiger partial charge on any atom is 0.312 e. The summed E-state index contributed by atoms with van der Waals surface area (Å²) in [5.41, 5.74) is 1.99. The van der Waals surface area contributed by atoms with Crippen LogP contribution in [0.1, 0.15) is 17.0 Å². The summed E-state index contributed by atoms with van der Waals surface area (Å²) in [5, 5.41) is 9.19. The number of hydrogen-bond donors (Lipinski definition) is 1. The summed E-state index contributed by atoms with van der Waals surface area (Å²) in [6.07, 6.45) is 5.26. The lowest BCUT2D eigenvalue weighted by Gasteiger charge is -2.31. The molecule has 0 saturated heterocycles. The fraction of sp³-hybridized carbons (Fsp3) is 0.308. The average molecular weight is 215 g/mol. The normalized spacial score (nSPS) is 19.8. The third kappa shape index (κ3) is 1.93. The minimum Gasteiger partial charge on any atom is -0.481 e. The molecule has 0 fully saturated rings. The quantitative estimate of drug-likeness (QED) is 0.756. The molecule has 3 nitrogen and oxygen atoms in total. The van der Waals surface area contributed by atoms with Crippen molar-refractivity contribution in [2.24, 2.45) is 0 Å². The van der Waals surface area contributed by atoms with Crippen LogP contribution in [-0.4, -0.2) is 29.1 Å². The lowest BCUT2D eigenvalue weighted by atomic mass is 9.90. The van der Waals surface area contributed by atoms with Crippen molar-refractivity contribution >= 4 is 5.97 Å². The molecule has 0 saturated carbocycles. The second-order valence-corrected chi connectivity index (χ2v) is 3.96. The van der Waals surface area contributed by atoms with E-state index >= 15 is 0 Å². The van der Waals surface area contributed by atoms with Crippen molar-refractivity contribution in [2.75, 3.05) is 13.1 Å². The molecular weight excluding hydrogens is 202 g/mol. The molecule has 1 aliphatic rings. The Hall–Kier alpha value is -1.79. The second kappa shape index (κ2) is 4.38. The van der Waals surface area contributed by atoms with Gasteiger partial charge in [0.1, 0.15) is 0 Å². The van der Waals surface area contributed by atoms with Gasteiger partial charge in [-0.05, 0) is 11.1 Å². The van der Waals surface area contributed by atoms with Crippen LogP contribution >= 0.6 is 0 Å². The van der Waals surface area contributed by atoms with Gasteiger partial charge in [-0.25, -0.2) is 0 Å². The zero-order valence-electron chi connectivity index (χ0n) is 8.89. The number of terminal acetylenes is 1. The summed E-state index contributed by atoms with van der Waals surface area (Å²) in [4.78, 5) is 13.2. The highest BCUT2D eigenvalue weighted by Gasteiger charge is 2.29. The predicted octanol–water partition coefficient (Wildman–Crippen LogP) is 1.30.